The van der Waals surface area contributed by atoms with E-state index < -0.39 is 11.9 Å². The van der Waals surface area contributed by atoms with E-state index in [0.29, 0.717) is 27.8 Å². The molecule has 1 aromatic rings. The highest BCUT2D eigenvalue weighted by atomic mass is 35.5. The van der Waals surface area contributed by atoms with E-state index in [1.165, 1.54) is 0 Å². The molecule has 0 spiro atoms. The summed E-state index contributed by atoms with van der Waals surface area (Å²) in [5.41, 5.74) is 6.67. The Morgan fingerprint density at radius 1 is 1.57 bits per heavy atom. The third kappa shape index (κ3) is 1.28. The number of nitrogens with two attached hydrogens (primary N) is 1. The van der Waals surface area contributed by atoms with Gasteiger partial charge in [-0.2, -0.15) is 5.06 Å². The van der Waals surface area contributed by atoms with Crippen molar-refractivity contribution >= 4 is 23.2 Å². The first-order chi connectivity index (χ1) is 6.61. The Hall–Kier alpha value is -1.10. The fraction of sp³-hybridized carbons (Fsp3) is 0.222. The summed E-state index contributed by atoms with van der Waals surface area (Å²) in [5.74, 6) is -0.500. The molecule has 1 unspecified atom stereocenters. The van der Waals surface area contributed by atoms with Gasteiger partial charge in [-0.1, -0.05) is 17.7 Å². The van der Waals surface area contributed by atoms with Crippen LogP contribution in [-0.4, -0.2) is 17.2 Å². The number of hydrogen-bond acceptors (Lipinski definition) is 3. The highest BCUT2D eigenvalue weighted by Crippen LogP contribution is 2.31. The van der Waals surface area contributed by atoms with Gasteiger partial charge in [0.2, 0.25) is 0 Å². The number of nitrogens with zero attached hydrogens (tertiary/aromatic N) is 1. The second-order valence-electron chi connectivity index (χ2n) is 3.20. The second-order valence-corrected chi connectivity index (χ2v) is 3.61. The van der Waals surface area contributed by atoms with Crippen LogP contribution in [0.15, 0.2) is 18.2 Å². The lowest BCUT2D eigenvalue weighted by Crippen LogP contribution is -2.47. The Bertz CT molecular complexity index is 394. The molecule has 0 aliphatic carbocycles. The average Bonchev–Trinajstić information content (AvgIpc) is 2.17. The Balaban J connectivity index is 2.56. The normalized spacial score (nSPS) is 20.9. The molecule has 0 fully saturated rings. The van der Waals surface area contributed by atoms with Gasteiger partial charge in [-0.15, -0.1) is 0 Å². The molecule has 1 amide bonds. The van der Waals surface area contributed by atoms with Crippen LogP contribution in [0.4, 0.5) is 5.69 Å². The van der Waals surface area contributed by atoms with E-state index in [9.17, 15) is 10.0 Å². The third-order valence-corrected chi connectivity index (χ3v) is 2.63. The molecule has 1 aliphatic rings. The van der Waals surface area contributed by atoms with E-state index in [1.807, 2.05) is 0 Å². The highest BCUT2D eigenvalue weighted by Gasteiger charge is 2.30. The van der Waals surface area contributed by atoms with Gasteiger partial charge >= 0.3 is 0 Å². The molecular formula is C9H9ClN2O2. The summed E-state index contributed by atoms with van der Waals surface area (Å²) in [6.07, 6.45) is 0.366. The molecule has 0 aromatic heterocycles. The fourth-order valence-corrected chi connectivity index (χ4v) is 1.78. The van der Waals surface area contributed by atoms with Gasteiger partial charge in [-0.05, 0) is 17.7 Å². The first kappa shape index (κ1) is 9.45. The topological polar surface area (TPSA) is 66.6 Å². The molecule has 4 nitrogen and oxygen atoms in total. The summed E-state index contributed by atoms with van der Waals surface area (Å²) in [7, 11) is 0. The van der Waals surface area contributed by atoms with Gasteiger partial charge in [0, 0.05) is 11.4 Å². The number of fused-ring (bicyclic) bond motifs is 1. The molecule has 0 bridgehead atoms. The number of hydrogen-bond donors (Lipinski definition) is 2. The molecule has 5 heteroatoms. The summed E-state index contributed by atoms with van der Waals surface area (Å²) in [6.45, 7) is 0. The Kier molecular flexibility index (Phi) is 2.19. The van der Waals surface area contributed by atoms with Crippen LogP contribution in [0.25, 0.3) is 0 Å². The van der Waals surface area contributed by atoms with Gasteiger partial charge in [0.15, 0.2) is 0 Å². The molecule has 14 heavy (non-hydrogen) atoms. The molecule has 1 aliphatic heterocycles. The molecule has 1 aromatic carbocycles. The number of hydroxylamine groups is 1. The minimum absolute atomic E-state index is 0.366. The van der Waals surface area contributed by atoms with Crippen molar-refractivity contribution in [3.63, 3.8) is 0 Å². The van der Waals surface area contributed by atoms with Crippen molar-refractivity contribution in [1.82, 2.24) is 0 Å². The molecule has 0 saturated carbocycles. The quantitative estimate of drug-likeness (QED) is 0.630. The van der Waals surface area contributed by atoms with Crippen LogP contribution in [0, 0.1) is 0 Å². The van der Waals surface area contributed by atoms with E-state index >= 15 is 0 Å². The van der Waals surface area contributed by atoms with Crippen molar-refractivity contribution in [3.8, 4) is 0 Å². The van der Waals surface area contributed by atoms with Crippen molar-refractivity contribution in [2.45, 2.75) is 12.5 Å². The molecular weight excluding hydrogens is 204 g/mol. The van der Waals surface area contributed by atoms with Gasteiger partial charge in [-0.3, -0.25) is 10.0 Å². The van der Waals surface area contributed by atoms with Gasteiger partial charge in [0.25, 0.3) is 5.91 Å². The first-order valence-electron chi connectivity index (χ1n) is 4.17. The van der Waals surface area contributed by atoms with Crippen LogP contribution < -0.4 is 10.8 Å². The fourth-order valence-electron chi connectivity index (χ4n) is 1.53. The SMILES string of the molecule is NC1Cc2c(Cl)cccc2N(O)C1=O. The molecule has 1 atom stereocenters. The van der Waals surface area contributed by atoms with Crippen LogP contribution in [0.1, 0.15) is 5.56 Å². The van der Waals surface area contributed by atoms with Crippen molar-refractivity contribution in [2.24, 2.45) is 5.73 Å². The number of anilines is 1. The molecule has 74 valence electrons. The lowest BCUT2D eigenvalue weighted by atomic mass is 9.99. The zero-order valence-corrected chi connectivity index (χ0v) is 8.03. The summed E-state index contributed by atoms with van der Waals surface area (Å²) < 4.78 is 0. The Labute approximate surface area is 85.8 Å². The maximum Gasteiger partial charge on any atom is 0.267 e. The maximum absolute atomic E-state index is 11.3. The summed E-state index contributed by atoms with van der Waals surface area (Å²) in [5, 5.41) is 10.6. The summed E-state index contributed by atoms with van der Waals surface area (Å²) >= 11 is 5.92. The minimum Gasteiger partial charge on any atom is -0.320 e. The number of amides is 1. The smallest absolute Gasteiger partial charge is 0.267 e. The predicted molar refractivity (Wildman–Crippen MR) is 52.4 cm³/mol. The van der Waals surface area contributed by atoms with E-state index in [1.54, 1.807) is 18.2 Å². The third-order valence-electron chi connectivity index (χ3n) is 2.27. The first-order valence-corrected chi connectivity index (χ1v) is 4.55. The molecule has 1 heterocycles. The summed E-state index contributed by atoms with van der Waals surface area (Å²) in [4.78, 5) is 11.3. The zero-order chi connectivity index (χ0) is 10.3. The van der Waals surface area contributed by atoms with Gasteiger partial charge < -0.3 is 5.73 Å². The monoisotopic (exact) mass is 212 g/mol. The van der Waals surface area contributed by atoms with Crippen LogP contribution in [0.2, 0.25) is 5.02 Å². The number of carbonyl (C=O) groups is 1. The zero-order valence-electron chi connectivity index (χ0n) is 7.27. The van der Waals surface area contributed by atoms with Crippen LogP contribution >= 0.6 is 11.6 Å². The molecule has 0 saturated heterocycles. The van der Waals surface area contributed by atoms with E-state index in [-0.39, 0.29) is 0 Å². The van der Waals surface area contributed by atoms with E-state index in [2.05, 4.69) is 0 Å². The van der Waals surface area contributed by atoms with Crippen LogP contribution in [-0.2, 0) is 11.2 Å². The number of carbonyl (C=O) groups excluding carboxylic acids is 1. The predicted octanol–water partition coefficient (Wildman–Crippen LogP) is 0.946. The highest BCUT2D eigenvalue weighted by molar-refractivity contribution is 6.32. The Morgan fingerprint density at radius 2 is 2.29 bits per heavy atom. The van der Waals surface area contributed by atoms with Crippen LogP contribution in [0.5, 0.6) is 0 Å². The number of rotatable bonds is 0. The summed E-state index contributed by atoms with van der Waals surface area (Å²) in [6, 6.07) is 4.29. The van der Waals surface area contributed by atoms with Gasteiger partial charge in [-0.25, -0.2) is 0 Å². The van der Waals surface area contributed by atoms with E-state index in [4.69, 9.17) is 17.3 Å². The standard InChI is InChI=1S/C9H9ClN2O2/c10-6-2-1-3-8-5(6)4-7(11)9(13)12(8)14/h1-3,7,14H,4,11H2. The lowest BCUT2D eigenvalue weighted by molar-refractivity contribution is -0.125. The lowest BCUT2D eigenvalue weighted by Gasteiger charge is -2.27. The molecule has 3 N–H and O–H groups in total. The largest absolute Gasteiger partial charge is 0.320 e. The minimum atomic E-state index is -0.715. The Morgan fingerprint density at radius 3 is 3.00 bits per heavy atom. The van der Waals surface area contributed by atoms with Crippen LogP contribution in [0.3, 0.4) is 0 Å². The van der Waals surface area contributed by atoms with E-state index in [0.717, 1.165) is 0 Å². The second kappa shape index (κ2) is 3.24. The molecule has 0 radical (unpaired) electrons. The molecule has 2 rings (SSSR count). The number of benzene rings is 1. The van der Waals surface area contributed by atoms with Crippen molar-refractivity contribution < 1.29 is 10.0 Å². The van der Waals surface area contributed by atoms with Crippen molar-refractivity contribution in [1.29, 1.82) is 0 Å². The van der Waals surface area contributed by atoms with Crippen molar-refractivity contribution in [3.05, 3.63) is 28.8 Å². The van der Waals surface area contributed by atoms with Gasteiger partial charge in [0.05, 0.1) is 11.7 Å². The van der Waals surface area contributed by atoms with Gasteiger partial charge in [0.1, 0.15) is 0 Å². The maximum atomic E-state index is 11.3. The number of halogens is 1. The van der Waals surface area contributed by atoms with Crippen molar-refractivity contribution in [2.75, 3.05) is 5.06 Å². The average molecular weight is 213 g/mol.